The molecule has 0 aromatic carbocycles. The first-order valence-corrected chi connectivity index (χ1v) is 8.03. The molecule has 0 aliphatic carbocycles. The van der Waals surface area contributed by atoms with Gasteiger partial charge >= 0.3 is 0 Å². The van der Waals surface area contributed by atoms with Crippen LogP contribution in [0.1, 0.15) is 5.56 Å². The van der Waals surface area contributed by atoms with Gasteiger partial charge in [0.05, 0.1) is 28.0 Å². The monoisotopic (exact) mass is 296 g/mol. The number of anilines is 1. The molecule has 0 bridgehead atoms. The van der Waals surface area contributed by atoms with E-state index in [4.69, 9.17) is 0 Å². The first-order chi connectivity index (χ1) is 10.3. The highest BCUT2D eigenvalue weighted by molar-refractivity contribution is 7.13. The van der Waals surface area contributed by atoms with Gasteiger partial charge in [-0.2, -0.15) is 5.26 Å². The summed E-state index contributed by atoms with van der Waals surface area (Å²) in [4.78, 5) is 10.4. The fraction of sp³-hybridized carbons (Fsp3) is 0.375. The van der Waals surface area contributed by atoms with Crippen LogP contribution in [0.2, 0.25) is 0 Å². The quantitative estimate of drug-likeness (QED) is 0.853. The zero-order chi connectivity index (χ0) is 14.4. The van der Waals surface area contributed by atoms with E-state index in [1.807, 2.05) is 29.8 Å². The second kappa shape index (κ2) is 4.83. The fourth-order valence-corrected chi connectivity index (χ4v) is 4.19. The zero-order valence-electron chi connectivity index (χ0n) is 11.9. The van der Waals surface area contributed by atoms with Crippen LogP contribution >= 0.6 is 11.3 Å². The van der Waals surface area contributed by atoms with Gasteiger partial charge < -0.3 is 9.80 Å². The summed E-state index contributed by atoms with van der Waals surface area (Å²) < 4.78 is 0. The smallest absolute Gasteiger partial charge is 0.102 e. The summed E-state index contributed by atoms with van der Waals surface area (Å²) in [5, 5.41) is 11.4. The SMILES string of the molecule is CN1C[C@@H]2CN(c3cnc(-c4cccs4)c(C#N)c3)[C@@H]2C1. The van der Waals surface area contributed by atoms with Crippen molar-refractivity contribution in [2.24, 2.45) is 5.92 Å². The predicted molar refractivity (Wildman–Crippen MR) is 84.4 cm³/mol. The van der Waals surface area contributed by atoms with Gasteiger partial charge in [-0.3, -0.25) is 4.98 Å². The number of hydrogen-bond donors (Lipinski definition) is 0. The van der Waals surface area contributed by atoms with Crippen molar-refractivity contribution in [3.63, 3.8) is 0 Å². The molecule has 2 atom stereocenters. The predicted octanol–water partition coefficient (Wildman–Crippen LogP) is 2.43. The van der Waals surface area contributed by atoms with Crippen LogP contribution in [-0.2, 0) is 0 Å². The lowest BCUT2D eigenvalue weighted by Crippen LogP contribution is -2.55. The Kier molecular flexibility index (Phi) is 2.95. The summed E-state index contributed by atoms with van der Waals surface area (Å²) >= 11 is 1.62. The van der Waals surface area contributed by atoms with Gasteiger partial charge in [-0.05, 0) is 24.6 Å². The highest BCUT2D eigenvalue weighted by Crippen LogP contribution is 2.37. The number of rotatable bonds is 2. The molecule has 0 saturated carbocycles. The van der Waals surface area contributed by atoms with Crippen LogP contribution in [0, 0.1) is 17.2 Å². The van der Waals surface area contributed by atoms with Gasteiger partial charge in [-0.1, -0.05) is 6.07 Å². The van der Waals surface area contributed by atoms with Crippen molar-refractivity contribution in [1.82, 2.24) is 9.88 Å². The van der Waals surface area contributed by atoms with Crippen LogP contribution in [0.15, 0.2) is 29.8 Å². The largest absolute Gasteiger partial charge is 0.365 e. The number of hydrogen-bond acceptors (Lipinski definition) is 5. The molecular formula is C16H16N4S. The van der Waals surface area contributed by atoms with Crippen LogP contribution in [0.4, 0.5) is 5.69 Å². The van der Waals surface area contributed by atoms with Crippen molar-refractivity contribution in [1.29, 1.82) is 5.26 Å². The van der Waals surface area contributed by atoms with E-state index in [1.165, 1.54) is 6.54 Å². The summed E-state index contributed by atoms with van der Waals surface area (Å²) in [5.41, 5.74) is 2.56. The number of nitrogens with zero attached hydrogens (tertiary/aromatic N) is 4. The highest BCUT2D eigenvalue weighted by atomic mass is 32.1. The van der Waals surface area contributed by atoms with E-state index < -0.39 is 0 Å². The van der Waals surface area contributed by atoms with Gasteiger partial charge in [0.1, 0.15) is 6.07 Å². The Hall–Kier alpha value is -1.90. The van der Waals surface area contributed by atoms with Gasteiger partial charge in [0.15, 0.2) is 0 Å². The van der Waals surface area contributed by atoms with Gasteiger partial charge in [-0.25, -0.2) is 0 Å². The molecule has 2 fully saturated rings. The van der Waals surface area contributed by atoms with E-state index in [1.54, 1.807) is 11.3 Å². The maximum absolute atomic E-state index is 9.43. The highest BCUT2D eigenvalue weighted by Gasteiger charge is 2.44. The number of likely N-dealkylation sites (N-methyl/N-ethyl adjacent to an activating group) is 1. The van der Waals surface area contributed by atoms with E-state index >= 15 is 0 Å². The van der Waals surface area contributed by atoms with E-state index in [0.29, 0.717) is 11.6 Å². The van der Waals surface area contributed by atoms with E-state index in [2.05, 4.69) is 27.9 Å². The molecule has 2 aliphatic heterocycles. The van der Waals surface area contributed by atoms with E-state index in [9.17, 15) is 5.26 Å². The molecule has 0 N–H and O–H groups in total. The second-order valence-electron chi connectivity index (χ2n) is 5.88. The maximum atomic E-state index is 9.43. The zero-order valence-corrected chi connectivity index (χ0v) is 12.7. The molecule has 4 heterocycles. The minimum Gasteiger partial charge on any atom is -0.365 e. The summed E-state index contributed by atoms with van der Waals surface area (Å²) in [6.45, 7) is 3.38. The maximum Gasteiger partial charge on any atom is 0.102 e. The Labute approximate surface area is 128 Å². The van der Waals surface area contributed by atoms with Gasteiger partial charge in [0.2, 0.25) is 0 Å². The molecule has 5 heteroatoms. The van der Waals surface area contributed by atoms with Gasteiger partial charge in [0, 0.05) is 31.6 Å². The Morgan fingerprint density at radius 3 is 3.00 bits per heavy atom. The molecule has 4 rings (SSSR count). The van der Waals surface area contributed by atoms with Crippen LogP contribution in [0.5, 0.6) is 0 Å². The third kappa shape index (κ3) is 2.03. The Bertz CT molecular complexity index is 704. The number of nitriles is 1. The summed E-state index contributed by atoms with van der Waals surface area (Å²) in [6, 6.07) is 8.90. The van der Waals surface area contributed by atoms with E-state index in [-0.39, 0.29) is 0 Å². The standard InChI is InChI=1S/C16H16N4S/c1-19-8-12-9-20(14(12)10-19)13-5-11(6-17)16(18-7-13)15-3-2-4-21-15/h2-5,7,12,14H,8-10H2,1H3/t12-,14-/m1/s1. The van der Waals surface area contributed by atoms with Gasteiger partial charge in [0.25, 0.3) is 0 Å². The minimum absolute atomic E-state index is 0.593. The molecular weight excluding hydrogens is 280 g/mol. The molecule has 2 aromatic rings. The average Bonchev–Trinajstić information content (AvgIpc) is 3.10. The molecule has 0 unspecified atom stereocenters. The number of aromatic nitrogens is 1. The van der Waals surface area contributed by atoms with E-state index in [0.717, 1.165) is 35.3 Å². The lowest BCUT2D eigenvalue weighted by molar-refractivity contribution is 0.361. The molecule has 0 spiro atoms. The van der Waals surface area contributed by atoms with Crippen LogP contribution in [0.25, 0.3) is 10.6 Å². The van der Waals surface area contributed by atoms with Crippen LogP contribution < -0.4 is 4.90 Å². The van der Waals surface area contributed by atoms with Gasteiger partial charge in [-0.15, -0.1) is 11.3 Å². The van der Waals surface area contributed by atoms with Crippen molar-refractivity contribution >= 4 is 17.0 Å². The van der Waals surface area contributed by atoms with Crippen molar-refractivity contribution in [3.05, 3.63) is 35.3 Å². The topological polar surface area (TPSA) is 43.2 Å². The van der Waals surface area contributed by atoms with Crippen LogP contribution in [0.3, 0.4) is 0 Å². The molecule has 0 radical (unpaired) electrons. The molecule has 4 nitrogen and oxygen atoms in total. The fourth-order valence-electron chi connectivity index (χ4n) is 3.45. The normalized spacial score (nSPS) is 24.5. The second-order valence-corrected chi connectivity index (χ2v) is 6.83. The first kappa shape index (κ1) is 12.8. The van der Waals surface area contributed by atoms with Crippen LogP contribution in [-0.4, -0.2) is 42.6 Å². The molecule has 106 valence electrons. The summed E-state index contributed by atoms with van der Waals surface area (Å²) in [7, 11) is 2.18. The third-order valence-corrected chi connectivity index (χ3v) is 5.38. The first-order valence-electron chi connectivity index (χ1n) is 7.15. The molecule has 2 aromatic heterocycles. The van der Waals surface area contributed by atoms with Crippen molar-refractivity contribution in [2.45, 2.75) is 6.04 Å². The Balaban J connectivity index is 1.65. The average molecular weight is 296 g/mol. The summed E-state index contributed by atoms with van der Waals surface area (Å²) in [5.74, 6) is 0.775. The summed E-state index contributed by atoms with van der Waals surface area (Å²) in [6.07, 6.45) is 1.92. The van der Waals surface area contributed by atoms with Crippen molar-refractivity contribution in [3.8, 4) is 16.6 Å². The Morgan fingerprint density at radius 2 is 2.29 bits per heavy atom. The Morgan fingerprint density at radius 1 is 1.38 bits per heavy atom. The molecule has 21 heavy (non-hydrogen) atoms. The molecule has 0 amide bonds. The van der Waals surface area contributed by atoms with Crippen molar-refractivity contribution in [2.75, 3.05) is 31.6 Å². The number of pyridine rings is 1. The lowest BCUT2D eigenvalue weighted by Gasteiger charge is -2.45. The minimum atomic E-state index is 0.593. The molecule has 2 saturated heterocycles. The number of thiophene rings is 1. The lowest BCUT2D eigenvalue weighted by atomic mass is 9.91. The number of likely N-dealkylation sites (tertiary alicyclic amines) is 1. The van der Waals surface area contributed by atoms with Crippen molar-refractivity contribution < 1.29 is 0 Å². The number of fused-ring (bicyclic) bond motifs is 1. The molecule has 2 aliphatic rings. The third-order valence-electron chi connectivity index (χ3n) is 4.50.